The van der Waals surface area contributed by atoms with Crippen molar-refractivity contribution >= 4 is 40.4 Å². The second kappa shape index (κ2) is 8.29. The number of ketones is 1. The molecule has 2 aromatic heterocycles. The summed E-state index contributed by atoms with van der Waals surface area (Å²) in [5, 5.41) is 15.5. The van der Waals surface area contributed by atoms with Gasteiger partial charge in [0.05, 0.1) is 16.7 Å². The van der Waals surface area contributed by atoms with Crippen molar-refractivity contribution in [1.29, 1.82) is 0 Å². The number of pyridine rings is 1. The first kappa shape index (κ1) is 19.5. The fourth-order valence-corrected chi connectivity index (χ4v) is 3.70. The Kier molecular flexibility index (Phi) is 5.40. The summed E-state index contributed by atoms with van der Waals surface area (Å²) in [4.78, 5) is 35.4. The lowest BCUT2D eigenvalue weighted by atomic mass is 10.2. The molecule has 0 saturated heterocycles. The van der Waals surface area contributed by atoms with Gasteiger partial charge in [0.15, 0.2) is 18.2 Å². The highest BCUT2D eigenvalue weighted by molar-refractivity contribution is 8.14. The van der Waals surface area contributed by atoms with Crippen LogP contribution in [0.15, 0.2) is 70.1 Å². The van der Waals surface area contributed by atoms with E-state index in [2.05, 4.69) is 19.8 Å². The van der Waals surface area contributed by atoms with Gasteiger partial charge >= 0.3 is 0 Å². The number of aryl methyl sites for hydroxylation is 1. The third-order valence-electron chi connectivity index (χ3n) is 4.19. The standard InChI is InChI=1S/C20H15N5O4S/c1-24-17(19(28)29-23-24)16(26)12-30-20-22-15(10-13-6-5-9-21-11-13)18(27)25(20)14-7-3-2-4-8-14/h2-11H,12H2,1H3/b15-10+. The number of para-hydroxylation sites is 1. The van der Waals surface area contributed by atoms with Crippen LogP contribution in [0.5, 0.6) is 5.95 Å². The van der Waals surface area contributed by atoms with Crippen molar-refractivity contribution in [2.45, 2.75) is 0 Å². The Morgan fingerprint density at radius 1 is 1.27 bits per heavy atom. The summed E-state index contributed by atoms with van der Waals surface area (Å²) in [6.45, 7) is 0. The van der Waals surface area contributed by atoms with E-state index in [9.17, 15) is 14.7 Å². The van der Waals surface area contributed by atoms with Gasteiger partial charge in [-0.25, -0.2) is 4.99 Å². The lowest BCUT2D eigenvalue weighted by Gasteiger charge is -2.17. The van der Waals surface area contributed by atoms with Crippen LogP contribution >= 0.6 is 11.8 Å². The number of thioether (sulfide) groups is 1. The van der Waals surface area contributed by atoms with Gasteiger partial charge < -0.3 is 9.63 Å². The van der Waals surface area contributed by atoms with Crippen molar-refractivity contribution in [2.24, 2.45) is 12.0 Å². The van der Waals surface area contributed by atoms with Crippen molar-refractivity contribution in [1.82, 2.24) is 10.3 Å². The summed E-state index contributed by atoms with van der Waals surface area (Å²) < 4.78 is 5.59. The van der Waals surface area contributed by atoms with E-state index in [1.165, 1.54) is 11.9 Å². The molecule has 1 aromatic carbocycles. The quantitative estimate of drug-likeness (QED) is 0.347. The van der Waals surface area contributed by atoms with Gasteiger partial charge in [0.25, 0.3) is 11.6 Å². The molecule has 0 atom stereocenters. The molecule has 150 valence electrons. The largest absolute Gasteiger partial charge is 0.539 e. The van der Waals surface area contributed by atoms with Crippen molar-refractivity contribution in [3.8, 4) is 5.95 Å². The molecule has 1 amide bonds. The van der Waals surface area contributed by atoms with E-state index in [0.717, 1.165) is 22.0 Å². The number of carbonyl (C=O) groups is 2. The van der Waals surface area contributed by atoms with E-state index in [1.54, 1.807) is 48.8 Å². The Morgan fingerprint density at radius 3 is 2.73 bits per heavy atom. The zero-order chi connectivity index (χ0) is 21.1. The number of aromatic nitrogens is 3. The van der Waals surface area contributed by atoms with E-state index in [4.69, 9.17) is 0 Å². The summed E-state index contributed by atoms with van der Waals surface area (Å²) in [7, 11) is 1.45. The van der Waals surface area contributed by atoms with Crippen LogP contribution in [0.1, 0.15) is 16.1 Å². The van der Waals surface area contributed by atoms with Crippen LogP contribution in [0.4, 0.5) is 5.69 Å². The number of Topliss-reactive ketones (excluding diaryl/α,β-unsaturated/α-hetero) is 1. The molecule has 1 aliphatic heterocycles. The third-order valence-corrected chi connectivity index (χ3v) is 5.13. The Morgan fingerprint density at radius 2 is 2.07 bits per heavy atom. The minimum atomic E-state index is -0.801. The Balaban J connectivity index is 1.63. The molecule has 9 nitrogen and oxygen atoms in total. The number of aliphatic imine (C=N–C) groups is 1. The fraction of sp³-hybridized carbons (Fsp3) is 0.100. The van der Waals surface area contributed by atoms with E-state index in [0.29, 0.717) is 10.9 Å². The van der Waals surface area contributed by atoms with E-state index in [1.807, 2.05) is 12.1 Å². The molecule has 0 N–H and O–H groups in total. The zero-order valence-electron chi connectivity index (χ0n) is 15.8. The number of carbonyl (C=O) groups excluding carboxylic acids is 2. The average Bonchev–Trinajstić information content (AvgIpc) is 3.26. The molecule has 0 aliphatic carbocycles. The predicted octanol–water partition coefficient (Wildman–Crippen LogP) is 1.33. The van der Waals surface area contributed by atoms with Gasteiger partial charge in [0, 0.05) is 12.4 Å². The number of benzene rings is 1. The molecule has 0 unspecified atom stereocenters. The predicted molar refractivity (Wildman–Crippen MR) is 107 cm³/mol. The second-order valence-corrected chi connectivity index (χ2v) is 7.17. The van der Waals surface area contributed by atoms with Gasteiger partial charge in [0.2, 0.25) is 5.78 Å². The van der Waals surface area contributed by atoms with E-state index < -0.39 is 11.7 Å². The van der Waals surface area contributed by atoms with Gasteiger partial charge in [-0.3, -0.25) is 19.5 Å². The second-order valence-electron chi connectivity index (χ2n) is 6.23. The molecule has 3 aromatic rings. The highest BCUT2D eigenvalue weighted by Gasteiger charge is 2.33. The Hall–Kier alpha value is -3.79. The molecule has 4 rings (SSSR count). The first-order chi connectivity index (χ1) is 14.5. The molecule has 0 saturated carbocycles. The topological polar surface area (TPSA) is 116 Å². The van der Waals surface area contributed by atoms with Gasteiger partial charge in [-0.1, -0.05) is 40.7 Å². The van der Waals surface area contributed by atoms with Gasteiger partial charge in [-0.15, -0.1) is 0 Å². The number of hydrogen-bond donors (Lipinski definition) is 0. The fourth-order valence-electron chi connectivity index (χ4n) is 2.82. The molecule has 10 heteroatoms. The maximum atomic E-state index is 13.0. The summed E-state index contributed by atoms with van der Waals surface area (Å²) in [6, 6.07) is 12.6. The first-order valence-electron chi connectivity index (χ1n) is 8.83. The monoisotopic (exact) mass is 421 g/mol. The molecule has 30 heavy (non-hydrogen) atoms. The van der Waals surface area contributed by atoms with Gasteiger partial charge in [0.1, 0.15) is 5.70 Å². The van der Waals surface area contributed by atoms with Crippen molar-refractivity contribution in [3.05, 3.63) is 71.8 Å². The van der Waals surface area contributed by atoms with Crippen LogP contribution in [-0.2, 0) is 11.8 Å². The summed E-state index contributed by atoms with van der Waals surface area (Å²) >= 11 is 1.06. The van der Waals surface area contributed by atoms with Crippen LogP contribution in [0.3, 0.4) is 0 Å². The molecule has 0 bridgehead atoms. The smallest absolute Gasteiger partial charge is 0.300 e. The minimum Gasteiger partial charge on any atom is -0.539 e. The number of anilines is 1. The molecule has 0 radical (unpaired) electrons. The molecular weight excluding hydrogens is 406 g/mol. The zero-order valence-corrected chi connectivity index (χ0v) is 16.6. The molecular formula is C20H15N5O4S. The number of nitrogens with zero attached hydrogens (tertiary/aromatic N) is 5. The maximum Gasteiger partial charge on any atom is 0.300 e. The Bertz CT molecular complexity index is 1140. The van der Waals surface area contributed by atoms with E-state index in [-0.39, 0.29) is 23.1 Å². The molecule has 3 heterocycles. The van der Waals surface area contributed by atoms with Crippen LogP contribution in [0.2, 0.25) is 0 Å². The van der Waals surface area contributed by atoms with E-state index >= 15 is 0 Å². The molecule has 0 fully saturated rings. The average molecular weight is 421 g/mol. The lowest BCUT2D eigenvalue weighted by molar-refractivity contribution is -0.741. The number of rotatable bonds is 5. The first-order valence-corrected chi connectivity index (χ1v) is 9.82. The van der Waals surface area contributed by atoms with Crippen molar-refractivity contribution < 1.29 is 23.9 Å². The van der Waals surface area contributed by atoms with Crippen LogP contribution in [0, 0.1) is 0 Å². The number of hydrogen-bond acceptors (Lipinski definition) is 8. The van der Waals surface area contributed by atoms with Gasteiger partial charge in [-0.05, 0) is 29.8 Å². The highest BCUT2D eigenvalue weighted by atomic mass is 32.2. The van der Waals surface area contributed by atoms with Crippen LogP contribution in [-0.4, -0.2) is 32.9 Å². The summed E-state index contributed by atoms with van der Waals surface area (Å²) in [5.41, 5.74) is 1.41. The van der Waals surface area contributed by atoms with Gasteiger partial charge in [-0.2, -0.15) is 0 Å². The highest BCUT2D eigenvalue weighted by Crippen LogP contribution is 2.29. The van der Waals surface area contributed by atoms with Crippen LogP contribution < -0.4 is 14.7 Å². The summed E-state index contributed by atoms with van der Waals surface area (Å²) in [5.74, 6) is -1.70. The summed E-state index contributed by atoms with van der Waals surface area (Å²) in [6.07, 6.45) is 4.90. The SMILES string of the molecule is C[n+]1noc([O-])c1C(=O)CSC1=N/C(=C/c2cccnc2)C(=O)N1c1ccccc1. The molecule has 1 aliphatic rings. The van der Waals surface area contributed by atoms with Crippen molar-refractivity contribution in [2.75, 3.05) is 10.7 Å². The molecule has 0 spiro atoms. The lowest BCUT2D eigenvalue weighted by Crippen LogP contribution is -2.38. The van der Waals surface area contributed by atoms with Crippen molar-refractivity contribution in [3.63, 3.8) is 0 Å². The number of amidine groups is 1. The number of amides is 1. The maximum absolute atomic E-state index is 13.0. The minimum absolute atomic E-state index is 0.111. The Labute approximate surface area is 175 Å². The van der Waals surface area contributed by atoms with Crippen LogP contribution in [0.25, 0.3) is 6.08 Å². The third kappa shape index (κ3) is 3.85. The normalized spacial score (nSPS) is 15.0.